The number of hydrogen-bond donors (Lipinski definition) is 4. The van der Waals surface area contributed by atoms with Crippen LogP contribution >= 0.6 is 0 Å². The highest BCUT2D eigenvalue weighted by atomic mass is 16.5. The second-order valence-corrected chi connectivity index (χ2v) is 2.46. The van der Waals surface area contributed by atoms with Gasteiger partial charge in [-0.1, -0.05) is 0 Å². The Balaban J connectivity index is 2.63. The third-order valence-corrected chi connectivity index (χ3v) is 1.65. The Morgan fingerprint density at radius 2 is 2.00 bits per heavy atom. The second-order valence-electron chi connectivity index (χ2n) is 2.46. The summed E-state index contributed by atoms with van der Waals surface area (Å²) in [6, 6.07) is 0. The summed E-state index contributed by atoms with van der Waals surface area (Å²) in [5, 5.41) is 35.9. The lowest BCUT2D eigenvalue weighted by atomic mass is 10.0. The van der Waals surface area contributed by atoms with E-state index in [1.807, 2.05) is 0 Å². The lowest BCUT2D eigenvalue weighted by Gasteiger charge is -2.34. The third kappa shape index (κ3) is 1.69. The third-order valence-electron chi connectivity index (χ3n) is 1.65. The van der Waals surface area contributed by atoms with Gasteiger partial charge in [-0.15, -0.1) is 0 Å². The average molecular weight is 165 g/mol. The van der Waals surface area contributed by atoms with Crippen LogP contribution < -0.4 is 0 Å². The first-order valence-corrected chi connectivity index (χ1v) is 3.30. The van der Waals surface area contributed by atoms with E-state index in [1.54, 1.807) is 0 Å². The molecule has 1 unspecified atom stereocenters. The van der Waals surface area contributed by atoms with E-state index in [9.17, 15) is 0 Å². The fourth-order valence-electron chi connectivity index (χ4n) is 0.915. The molecule has 1 rings (SSSR count). The average Bonchev–Trinajstić information content (AvgIpc) is 2.08. The maximum atomic E-state index is 9.15. The van der Waals surface area contributed by atoms with E-state index < -0.39 is 37.6 Å². The van der Waals surface area contributed by atoms with Crippen LogP contribution in [0.4, 0.5) is 0 Å². The normalized spacial score (nSPS) is 53.8. The molecule has 0 amide bonds. The van der Waals surface area contributed by atoms with E-state index >= 15 is 0 Å². The summed E-state index contributed by atoms with van der Waals surface area (Å²) >= 11 is 0. The summed E-state index contributed by atoms with van der Waals surface area (Å²) in [5.74, 6) is 0. The van der Waals surface area contributed by atoms with E-state index in [4.69, 9.17) is 21.8 Å². The first-order chi connectivity index (χ1) is 5.57. The van der Waals surface area contributed by atoms with Gasteiger partial charge in [0.25, 0.3) is 0 Å². The van der Waals surface area contributed by atoms with Gasteiger partial charge in [0.15, 0.2) is 0 Å². The molecule has 0 radical (unpaired) electrons. The van der Waals surface area contributed by atoms with Crippen molar-refractivity contribution in [3.63, 3.8) is 0 Å². The van der Waals surface area contributed by atoms with Crippen LogP contribution in [0.3, 0.4) is 0 Å². The van der Waals surface area contributed by atoms with Gasteiger partial charge in [-0.2, -0.15) is 0 Å². The number of ether oxygens (including phenoxy) is 1. The Hall–Kier alpha value is -0.200. The predicted molar refractivity (Wildman–Crippen MR) is 34.8 cm³/mol. The summed E-state index contributed by atoms with van der Waals surface area (Å²) in [6.45, 7) is -1.80. The van der Waals surface area contributed by atoms with Crippen molar-refractivity contribution in [1.29, 1.82) is 0 Å². The molecule has 1 fully saturated rings. The lowest BCUT2D eigenvalue weighted by Crippen LogP contribution is -2.53. The highest BCUT2D eigenvalue weighted by Crippen LogP contribution is 2.14. The van der Waals surface area contributed by atoms with Crippen molar-refractivity contribution in [2.24, 2.45) is 0 Å². The Bertz CT molecular complexity index is 150. The smallest absolute Gasteiger partial charge is 0.111 e. The highest BCUT2D eigenvalue weighted by Gasteiger charge is 2.36. The van der Waals surface area contributed by atoms with E-state index in [1.165, 1.54) is 0 Å². The van der Waals surface area contributed by atoms with Crippen LogP contribution in [0.2, 0.25) is 0 Å². The molecule has 66 valence electrons. The fourth-order valence-corrected chi connectivity index (χ4v) is 0.915. The van der Waals surface area contributed by atoms with Crippen molar-refractivity contribution < 1.29 is 26.5 Å². The topological polar surface area (TPSA) is 90.2 Å². The summed E-state index contributed by atoms with van der Waals surface area (Å²) in [5.41, 5.74) is 0. The van der Waals surface area contributed by atoms with Crippen LogP contribution in [0.5, 0.6) is 0 Å². The van der Waals surface area contributed by atoms with Crippen molar-refractivity contribution in [2.75, 3.05) is 13.2 Å². The fraction of sp³-hybridized carbons (Fsp3) is 1.00. The minimum absolute atomic E-state index is 0.486. The Morgan fingerprint density at radius 3 is 2.55 bits per heavy atom. The number of aliphatic hydroxyl groups excluding tert-OH is 4. The number of hydrogen-bond acceptors (Lipinski definition) is 5. The monoisotopic (exact) mass is 165 g/mol. The van der Waals surface area contributed by atoms with Crippen LogP contribution in [-0.2, 0) is 4.74 Å². The van der Waals surface area contributed by atoms with Crippen molar-refractivity contribution in [2.45, 2.75) is 24.4 Å². The molecule has 1 aliphatic heterocycles. The first-order valence-electron chi connectivity index (χ1n) is 3.88. The molecule has 1 saturated heterocycles. The van der Waals surface area contributed by atoms with Crippen molar-refractivity contribution in [3.8, 4) is 0 Å². The molecule has 5 nitrogen and oxygen atoms in total. The summed E-state index contributed by atoms with van der Waals surface area (Å²) < 4.78 is 11.8. The zero-order chi connectivity index (χ0) is 9.30. The molecular weight excluding hydrogens is 152 g/mol. The van der Waals surface area contributed by atoms with Gasteiger partial charge in [0.2, 0.25) is 0 Å². The van der Waals surface area contributed by atoms with Gasteiger partial charge in [-0.25, -0.2) is 0 Å². The molecule has 0 aromatic rings. The van der Waals surface area contributed by atoms with Crippen molar-refractivity contribution >= 4 is 0 Å². The SMILES string of the molecule is [2H]C1O[C@H](CO)[C@H](O)[C@H](O)[C@H]1O. The van der Waals surface area contributed by atoms with Crippen LogP contribution in [0.1, 0.15) is 1.37 Å². The molecule has 1 aliphatic rings. The summed E-state index contributed by atoms with van der Waals surface area (Å²) in [4.78, 5) is 0. The van der Waals surface area contributed by atoms with Crippen molar-refractivity contribution in [1.82, 2.24) is 0 Å². The van der Waals surface area contributed by atoms with Gasteiger partial charge in [0.1, 0.15) is 24.4 Å². The maximum Gasteiger partial charge on any atom is 0.111 e. The highest BCUT2D eigenvalue weighted by molar-refractivity contribution is 4.85. The minimum atomic E-state index is -1.43. The summed E-state index contributed by atoms with van der Waals surface area (Å²) in [6.07, 6.45) is -5.20. The molecule has 0 spiro atoms. The van der Waals surface area contributed by atoms with E-state index in [0.717, 1.165) is 0 Å². The molecule has 0 aromatic carbocycles. The van der Waals surface area contributed by atoms with Gasteiger partial charge < -0.3 is 25.2 Å². The molecule has 0 saturated carbocycles. The molecule has 11 heavy (non-hydrogen) atoms. The molecule has 1 heterocycles. The van der Waals surface area contributed by atoms with Crippen molar-refractivity contribution in [3.05, 3.63) is 0 Å². The van der Waals surface area contributed by atoms with Crippen LogP contribution in [0.15, 0.2) is 0 Å². The van der Waals surface area contributed by atoms with Gasteiger partial charge in [0.05, 0.1) is 14.6 Å². The number of aliphatic hydroxyl groups is 4. The molecule has 0 bridgehead atoms. The molecule has 4 N–H and O–H groups in total. The standard InChI is InChI=1S/C6H12O5/c7-1-4-6(10)5(9)3(8)2-11-4/h3-10H,1-2H2/t3-,4+,5+,6-/m0/s1/i2D/t2?,3-,4+,5+,6-. The number of rotatable bonds is 1. The largest absolute Gasteiger partial charge is 0.394 e. The Kier molecular flexibility index (Phi) is 2.35. The lowest BCUT2D eigenvalue weighted by molar-refractivity contribution is -0.195. The molecule has 0 aromatic heterocycles. The van der Waals surface area contributed by atoms with E-state index in [-0.39, 0.29) is 0 Å². The van der Waals surface area contributed by atoms with Gasteiger partial charge >= 0.3 is 0 Å². The van der Waals surface area contributed by atoms with Gasteiger partial charge in [-0.05, 0) is 0 Å². The van der Waals surface area contributed by atoms with Gasteiger partial charge in [-0.3, -0.25) is 0 Å². The summed E-state index contributed by atoms with van der Waals surface area (Å²) in [7, 11) is 0. The van der Waals surface area contributed by atoms with Crippen LogP contribution in [0.25, 0.3) is 0 Å². The molecule has 5 atom stereocenters. The molecule has 0 aliphatic carbocycles. The van der Waals surface area contributed by atoms with E-state index in [0.29, 0.717) is 0 Å². The van der Waals surface area contributed by atoms with E-state index in [2.05, 4.69) is 4.74 Å². The zero-order valence-electron chi connectivity index (χ0n) is 6.79. The van der Waals surface area contributed by atoms with Crippen LogP contribution in [-0.4, -0.2) is 58.0 Å². The minimum Gasteiger partial charge on any atom is -0.394 e. The van der Waals surface area contributed by atoms with Gasteiger partial charge in [0, 0.05) is 0 Å². The van der Waals surface area contributed by atoms with Crippen LogP contribution in [0, 0.1) is 0 Å². The predicted octanol–water partition coefficient (Wildman–Crippen LogP) is -2.54. The maximum absolute atomic E-state index is 9.15. The Morgan fingerprint density at radius 1 is 1.36 bits per heavy atom. The second kappa shape index (κ2) is 3.46. The molecule has 5 heteroatoms. The first kappa shape index (κ1) is 7.45. The quantitative estimate of drug-likeness (QED) is 0.344. The molecular formula is C6H12O5. The Labute approximate surface area is 65.3 Å². The zero-order valence-corrected chi connectivity index (χ0v) is 5.79.